The number of hydrogen-bond donors (Lipinski definition) is 0. The lowest BCUT2D eigenvalue weighted by Crippen LogP contribution is -2.34. The van der Waals surface area contributed by atoms with Gasteiger partial charge in [-0.15, -0.1) is 0 Å². The van der Waals surface area contributed by atoms with Gasteiger partial charge in [-0.3, -0.25) is 4.79 Å². The highest BCUT2D eigenvalue weighted by atomic mass is 16.5. The van der Waals surface area contributed by atoms with Gasteiger partial charge in [-0.1, -0.05) is 12.1 Å². The highest BCUT2D eigenvalue weighted by Gasteiger charge is 2.22. The van der Waals surface area contributed by atoms with Gasteiger partial charge < -0.3 is 9.64 Å². The van der Waals surface area contributed by atoms with Crippen molar-refractivity contribution in [1.29, 1.82) is 0 Å². The lowest BCUT2D eigenvalue weighted by Gasteiger charge is -2.29. The molecule has 108 valence electrons. The Balaban J connectivity index is 2.22. The Morgan fingerprint density at radius 1 is 1.35 bits per heavy atom. The van der Waals surface area contributed by atoms with Crippen molar-refractivity contribution < 1.29 is 9.53 Å². The summed E-state index contributed by atoms with van der Waals surface area (Å²) in [4.78, 5) is 13.5. The van der Waals surface area contributed by atoms with Crippen molar-refractivity contribution >= 4 is 12.0 Å². The first kappa shape index (κ1) is 14.6. The second kappa shape index (κ2) is 5.31. The molecule has 0 spiro atoms. The Morgan fingerprint density at radius 2 is 2.05 bits per heavy atom. The van der Waals surface area contributed by atoms with E-state index < -0.39 is 0 Å². The van der Waals surface area contributed by atoms with Crippen LogP contribution in [0.15, 0.2) is 24.3 Å². The topological polar surface area (TPSA) is 29.5 Å². The summed E-state index contributed by atoms with van der Waals surface area (Å²) in [7, 11) is 0. The maximum Gasteiger partial charge on any atom is 0.219 e. The molecule has 0 saturated carbocycles. The number of rotatable bonds is 3. The highest BCUT2D eigenvalue weighted by molar-refractivity contribution is 5.73. The van der Waals surface area contributed by atoms with Crippen molar-refractivity contribution in [1.82, 2.24) is 4.90 Å². The third-order valence-corrected chi connectivity index (χ3v) is 3.49. The van der Waals surface area contributed by atoms with E-state index in [1.165, 1.54) is 0 Å². The first-order chi connectivity index (χ1) is 9.28. The van der Waals surface area contributed by atoms with Crippen LogP contribution in [0.1, 0.15) is 45.7 Å². The molecule has 2 rings (SSSR count). The third kappa shape index (κ3) is 3.21. The summed E-state index contributed by atoms with van der Waals surface area (Å²) in [6.07, 6.45) is 4.15. The molecule has 0 unspecified atom stereocenters. The van der Waals surface area contributed by atoms with Crippen LogP contribution in [-0.4, -0.2) is 22.4 Å². The number of carbonyl (C=O) groups excluding carboxylic acids is 1. The number of fused-ring (bicyclic) bond motifs is 1. The summed E-state index contributed by atoms with van der Waals surface area (Å²) < 4.78 is 5.91. The molecule has 20 heavy (non-hydrogen) atoms. The quantitative estimate of drug-likeness (QED) is 0.841. The molecule has 0 bridgehead atoms. The lowest BCUT2D eigenvalue weighted by molar-refractivity contribution is -0.131. The molecule has 1 heterocycles. The van der Waals surface area contributed by atoms with Crippen LogP contribution in [0, 0.1) is 0 Å². The Morgan fingerprint density at radius 3 is 2.65 bits per heavy atom. The van der Waals surface area contributed by atoms with E-state index in [9.17, 15) is 4.79 Å². The fraction of sp³-hybridized carbons (Fsp3) is 0.471. The van der Waals surface area contributed by atoms with Crippen LogP contribution in [0.2, 0.25) is 0 Å². The zero-order chi connectivity index (χ0) is 14.9. The Hall–Kier alpha value is -1.77. The van der Waals surface area contributed by atoms with E-state index in [1.54, 1.807) is 6.92 Å². The van der Waals surface area contributed by atoms with Crippen LogP contribution in [0.5, 0.6) is 5.75 Å². The summed E-state index contributed by atoms with van der Waals surface area (Å²) in [6, 6.07) is 6.33. The molecule has 0 N–H and O–H groups in total. The molecule has 1 aromatic rings. The van der Waals surface area contributed by atoms with Crippen molar-refractivity contribution in [2.24, 2.45) is 0 Å². The van der Waals surface area contributed by atoms with E-state index in [4.69, 9.17) is 4.74 Å². The van der Waals surface area contributed by atoms with Gasteiger partial charge in [0.25, 0.3) is 0 Å². The van der Waals surface area contributed by atoms with E-state index >= 15 is 0 Å². The second-order valence-electron chi connectivity index (χ2n) is 6.15. The van der Waals surface area contributed by atoms with Crippen molar-refractivity contribution in [3.05, 3.63) is 35.4 Å². The number of carbonyl (C=O) groups is 1. The normalized spacial score (nSPS) is 15.7. The maximum atomic E-state index is 11.7. The minimum Gasteiger partial charge on any atom is -0.483 e. The molecule has 0 radical (unpaired) electrons. The Bertz CT molecular complexity index is 544. The van der Waals surface area contributed by atoms with Crippen LogP contribution in [0.3, 0.4) is 0 Å². The molecule has 1 aliphatic rings. The minimum absolute atomic E-state index is 0.102. The predicted molar refractivity (Wildman–Crippen MR) is 81.5 cm³/mol. The van der Waals surface area contributed by atoms with E-state index in [0.29, 0.717) is 6.54 Å². The smallest absolute Gasteiger partial charge is 0.219 e. The van der Waals surface area contributed by atoms with Gasteiger partial charge >= 0.3 is 0 Å². The molecule has 1 aromatic carbocycles. The van der Waals surface area contributed by atoms with Gasteiger partial charge in [0.05, 0.1) is 0 Å². The van der Waals surface area contributed by atoms with E-state index in [-0.39, 0.29) is 17.6 Å². The molecule has 0 fully saturated rings. The number of ether oxygens (including phenoxy) is 1. The van der Waals surface area contributed by atoms with Gasteiger partial charge in [0.1, 0.15) is 11.4 Å². The number of hydrogen-bond acceptors (Lipinski definition) is 2. The van der Waals surface area contributed by atoms with Crippen molar-refractivity contribution in [3.8, 4) is 5.75 Å². The predicted octanol–water partition coefficient (Wildman–Crippen LogP) is 3.63. The summed E-state index contributed by atoms with van der Waals surface area (Å²) in [6.45, 7) is 10.4. The van der Waals surface area contributed by atoms with Gasteiger partial charge in [-0.2, -0.15) is 0 Å². The Labute approximate surface area is 121 Å². The first-order valence-electron chi connectivity index (χ1n) is 7.07. The van der Waals surface area contributed by atoms with Crippen LogP contribution >= 0.6 is 0 Å². The molecule has 0 saturated heterocycles. The average molecular weight is 273 g/mol. The van der Waals surface area contributed by atoms with Crippen molar-refractivity contribution in [2.45, 2.75) is 52.8 Å². The second-order valence-corrected chi connectivity index (χ2v) is 6.15. The monoisotopic (exact) mass is 273 g/mol. The SMILES string of the molecule is CC(=O)N(Cc1ccc2c(c1)C=CC(C)(C)O2)C(C)C. The molecule has 1 aliphatic heterocycles. The summed E-state index contributed by atoms with van der Waals surface area (Å²) in [5, 5.41) is 0. The lowest BCUT2D eigenvalue weighted by atomic mass is 10.0. The molecule has 1 amide bonds. The Kier molecular flexibility index (Phi) is 3.89. The van der Waals surface area contributed by atoms with Crippen LogP contribution in [0.4, 0.5) is 0 Å². The van der Waals surface area contributed by atoms with Gasteiger partial charge in [-0.25, -0.2) is 0 Å². The molecule has 0 aromatic heterocycles. The first-order valence-corrected chi connectivity index (χ1v) is 7.07. The molecular formula is C17H23NO2. The van der Waals surface area contributed by atoms with Crippen LogP contribution in [-0.2, 0) is 11.3 Å². The zero-order valence-corrected chi connectivity index (χ0v) is 12.9. The van der Waals surface area contributed by atoms with Gasteiger partial charge in [0.2, 0.25) is 5.91 Å². The maximum absolute atomic E-state index is 11.7. The van der Waals surface area contributed by atoms with Crippen molar-refractivity contribution in [2.75, 3.05) is 0 Å². The van der Waals surface area contributed by atoms with Crippen molar-refractivity contribution in [3.63, 3.8) is 0 Å². The van der Waals surface area contributed by atoms with Gasteiger partial charge in [0.15, 0.2) is 0 Å². The number of nitrogens with zero attached hydrogens (tertiary/aromatic N) is 1. The minimum atomic E-state index is -0.252. The summed E-state index contributed by atoms with van der Waals surface area (Å²) in [5.41, 5.74) is 1.95. The number of amides is 1. The summed E-state index contributed by atoms with van der Waals surface area (Å²) >= 11 is 0. The largest absolute Gasteiger partial charge is 0.483 e. The fourth-order valence-corrected chi connectivity index (χ4v) is 2.38. The molecular weight excluding hydrogens is 250 g/mol. The van der Waals surface area contributed by atoms with E-state index in [1.807, 2.05) is 44.7 Å². The third-order valence-electron chi connectivity index (χ3n) is 3.49. The van der Waals surface area contributed by atoms with Crippen LogP contribution < -0.4 is 4.74 Å². The van der Waals surface area contributed by atoms with E-state index in [2.05, 4.69) is 18.2 Å². The highest BCUT2D eigenvalue weighted by Crippen LogP contribution is 2.31. The van der Waals surface area contributed by atoms with E-state index in [0.717, 1.165) is 16.9 Å². The van der Waals surface area contributed by atoms with Gasteiger partial charge in [0, 0.05) is 25.1 Å². The molecule has 3 heteroatoms. The zero-order valence-electron chi connectivity index (χ0n) is 12.9. The van der Waals surface area contributed by atoms with Gasteiger partial charge in [-0.05, 0) is 51.5 Å². The standard InChI is InChI=1S/C17H23NO2/c1-12(2)18(13(3)19)11-14-6-7-16-15(10-14)8-9-17(4,5)20-16/h6-10,12H,11H2,1-5H3. The molecule has 0 aliphatic carbocycles. The van der Waals surface area contributed by atoms with Crippen LogP contribution in [0.25, 0.3) is 6.08 Å². The average Bonchev–Trinajstić information content (AvgIpc) is 2.34. The summed E-state index contributed by atoms with van der Waals surface area (Å²) in [5.74, 6) is 1.01. The number of benzene rings is 1. The molecule has 3 nitrogen and oxygen atoms in total. The fourth-order valence-electron chi connectivity index (χ4n) is 2.38. The molecule has 0 atom stereocenters.